The quantitative estimate of drug-likeness (QED) is 0.274. The maximum atomic E-state index is 11.9. The van der Waals surface area contributed by atoms with E-state index < -0.39 is 21.0 Å². The molecule has 0 radical (unpaired) electrons. The molecule has 12 heteroatoms. The van der Waals surface area contributed by atoms with E-state index in [0.29, 0.717) is 0 Å². The lowest BCUT2D eigenvalue weighted by molar-refractivity contribution is -0.385. The molecule has 0 heterocycles. The lowest BCUT2D eigenvalue weighted by Gasteiger charge is -2.04. The highest BCUT2D eigenvalue weighted by molar-refractivity contribution is 8.00. The van der Waals surface area contributed by atoms with Crippen molar-refractivity contribution in [1.29, 1.82) is 0 Å². The smallest absolute Gasteiger partial charge is 0.258 e. The minimum atomic E-state index is -5.67. The molecule has 108 valence electrons. The van der Waals surface area contributed by atoms with Crippen LogP contribution in [0.25, 0.3) is 0 Å². The topological polar surface area (TPSA) is 77.3 Å². The van der Waals surface area contributed by atoms with E-state index in [1.165, 1.54) is 12.1 Å². The van der Waals surface area contributed by atoms with Crippen LogP contribution in [0.2, 0.25) is 0 Å². The number of thioether (sulfide) groups is 1. The average molecular weight is 325 g/mol. The highest BCUT2D eigenvalue weighted by Gasteiger charge is 2.29. The molecule has 0 saturated heterocycles. The van der Waals surface area contributed by atoms with Crippen LogP contribution >= 0.6 is 11.8 Å². The molecule has 0 atom stereocenters. The maximum Gasteiger partial charge on any atom is 0.476 e. The number of halogens is 5. The zero-order valence-corrected chi connectivity index (χ0v) is 10.2. The summed E-state index contributed by atoms with van der Waals surface area (Å²) in [6.07, 6.45) is 0. The number of rotatable bonds is 2. The molecule has 0 aromatic heterocycles. The van der Waals surface area contributed by atoms with Crippen LogP contribution in [0.5, 0.6) is 0 Å². The van der Waals surface area contributed by atoms with Gasteiger partial charge in [0.05, 0.1) is 4.92 Å². The monoisotopic (exact) mass is 325 g/mol. The summed E-state index contributed by atoms with van der Waals surface area (Å²) < 4.78 is 72.2. The molecule has 0 bridgehead atoms. The fraction of sp³-hybridized carbons (Fsp3) is 0.143. The minimum Gasteiger partial charge on any atom is -0.258 e. The van der Waals surface area contributed by atoms with Gasteiger partial charge in [0.2, 0.25) is 0 Å². The van der Waals surface area contributed by atoms with Crippen LogP contribution in [-0.2, 0) is 10.6 Å². The maximum absolute atomic E-state index is 11.9. The second kappa shape index (κ2) is 6.65. The predicted octanol–water partition coefficient (Wildman–Crippen LogP) is 3.38. The van der Waals surface area contributed by atoms with Gasteiger partial charge in [-0.05, 0) is 17.8 Å². The summed E-state index contributed by atoms with van der Waals surface area (Å²) in [6.45, 7) is 0. The zero-order valence-electron chi connectivity index (χ0n) is 8.60. The number of nitro benzene ring substituents is 1. The number of nitro groups is 1. The van der Waals surface area contributed by atoms with E-state index in [1.54, 1.807) is 0 Å². The number of benzene rings is 1. The van der Waals surface area contributed by atoms with Crippen LogP contribution in [0, 0.1) is 10.1 Å². The first-order valence-electron chi connectivity index (χ1n) is 4.03. The number of hydrogen-bond acceptors (Lipinski definition) is 5. The Labute approximate surface area is 108 Å². The molecular formula is C7H4F5NO4S2. The van der Waals surface area contributed by atoms with Crippen molar-refractivity contribution in [2.24, 2.45) is 0 Å². The van der Waals surface area contributed by atoms with Gasteiger partial charge in [0, 0.05) is 17.0 Å². The Hall–Kier alpha value is -1.43. The van der Waals surface area contributed by atoms with Crippen molar-refractivity contribution in [3.63, 3.8) is 0 Å². The van der Waals surface area contributed by atoms with Crippen molar-refractivity contribution in [2.75, 3.05) is 0 Å². The normalized spacial score (nSPS) is 11.4. The largest absolute Gasteiger partial charge is 0.476 e. The summed E-state index contributed by atoms with van der Waals surface area (Å²) in [6, 6.07) is 4.41. The van der Waals surface area contributed by atoms with Crippen LogP contribution < -0.4 is 0 Å². The van der Waals surface area contributed by atoms with Crippen molar-refractivity contribution in [2.45, 2.75) is 10.4 Å². The molecule has 0 aliphatic rings. The molecule has 1 aromatic rings. The minimum absolute atomic E-state index is 0.188. The highest BCUT2D eigenvalue weighted by atomic mass is 32.3. The van der Waals surface area contributed by atoms with E-state index in [0.717, 1.165) is 12.1 Å². The van der Waals surface area contributed by atoms with Gasteiger partial charge in [-0.3, -0.25) is 10.1 Å². The number of nitrogens with zero attached hydrogens (tertiary/aromatic N) is 1. The van der Waals surface area contributed by atoms with E-state index in [2.05, 4.69) is 0 Å². The van der Waals surface area contributed by atoms with Gasteiger partial charge in [-0.2, -0.15) is 21.6 Å². The first-order valence-corrected chi connectivity index (χ1v) is 6.13. The lowest BCUT2D eigenvalue weighted by Crippen LogP contribution is -1.99. The van der Waals surface area contributed by atoms with E-state index in [4.69, 9.17) is 8.42 Å². The van der Waals surface area contributed by atoms with Gasteiger partial charge in [-0.1, -0.05) is 13.8 Å². The summed E-state index contributed by atoms with van der Waals surface area (Å²) in [5.74, 6) is 0. The average Bonchev–Trinajstić information content (AvgIpc) is 2.12. The van der Waals surface area contributed by atoms with Crippen molar-refractivity contribution < 1.29 is 34.3 Å². The first-order chi connectivity index (χ1) is 8.38. The van der Waals surface area contributed by atoms with Crippen LogP contribution in [0.3, 0.4) is 0 Å². The standard InChI is InChI=1S/C7H4F3NO2S.F2O2S/c8-7(9,10)14-6-3-1-2-5(4-6)11(12)13;1-5(2,3)4/h1-4H;. The number of alkyl halides is 3. The van der Waals surface area contributed by atoms with Crippen molar-refractivity contribution >= 4 is 28.1 Å². The van der Waals surface area contributed by atoms with E-state index in [9.17, 15) is 31.1 Å². The van der Waals surface area contributed by atoms with E-state index in [-0.39, 0.29) is 22.3 Å². The summed E-state index contributed by atoms with van der Waals surface area (Å²) in [7, 11) is -5.67. The molecule has 0 aliphatic heterocycles. The molecule has 0 unspecified atom stereocenters. The molecule has 0 saturated carbocycles. The van der Waals surface area contributed by atoms with Crippen molar-refractivity contribution in [3.8, 4) is 0 Å². The van der Waals surface area contributed by atoms with Gasteiger partial charge in [0.25, 0.3) is 5.69 Å². The van der Waals surface area contributed by atoms with Gasteiger partial charge in [0.1, 0.15) is 0 Å². The molecule has 0 amide bonds. The fourth-order valence-electron chi connectivity index (χ4n) is 0.794. The zero-order chi connectivity index (χ0) is 15.3. The third kappa shape index (κ3) is 11.4. The summed E-state index contributed by atoms with van der Waals surface area (Å²) >= 11 is -0.372. The van der Waals surface area contributed by atoms with Crippen molar-refractivity contribution in [1.82, 2.24) is 0 Å². The molecular weight excluding hydrogens is 321 g/mol. The SMILES string of the molecule is O=S(=O)(F)F.O=[N+]([O-])c1cccc(SC(F)(F)F)c1. The molecule has 0 aliphatic carbocycles. The van der Waals surface area contributed by atoms with Gasteiger partial charge in [-0.15, -0.1) is 0 Å². The lowest BCUT2D eigenvalue weighted by atomic mass is 10.3. The van der Waals surface area contributed by atoms with E-state index in [1.807, 2.05) is 0 Å². The predicted molar refractivity (Wildman–Crippen MR) is 56.1 cm³/mol. The molecule has 1 aromatic carbocycles. The Balaban J connectivity index is 0.000000555. The van der Waals surface area contributed by atoms with Crippen LogP contribution in [-0.4, -0.2) is 18.8 Å². The third-order valence-corrected chi connectivity index (χ3v) is 1.98. The molecule has 5 nitrogen and oxygen atoms in total. The third-order valence-electron chi connectivity index (χ3n) is 1.26. The highest BCUT2D eigenvalue weighted by Crippen LogP contribution is 2.37. The van der Waals surface area contributed by atoms with E-state index >= 15 is 0 Å². The van der Waals surface area contributed by atoms with Crippen LogP contribution in [0.15, 0.2) is 29.2 Å². The van der Waals surface area contributed by atoms with Gasteiger partial charge in [0.15, 0.2) is 0 Å². The van der Waals surface area contributed by atoms with Crippen LogP contribution in [0.4, 0.5) is 26.6 Å². The molecule has 0 fully saturated rings. The summed E-state index contributed by atoms with van der Waals surface area (Å²) in [4.78, 5) is 9.31. The molecule has 19 heavy (non-hydrogen) atoms. The molecule has 1 rings (SSSR count). The number of non-ortho nitro benzene ring substituents is 1. The number of hydrogen-bond donors (Lipinski definition) is 0. The Morgan fingerprint density at radius 2 is 1.68 bits per heavy atom. The van der Waals surface area contributed by atoms with Crippen LogP contribution in [0.1, 0.15) is 0 Å². The molecule has 0 N–H and O–H groups in total. The summed E-state index contributed by atoms with van der Waals surface area (Å²) in [5, 5.41) is 10.2. The van der Waals surface area contributed by atoms with Crippen molar-refractivity contribution in [3.05, 3.63) is 34.4 Å². The molecule has 0 spiro atoms. The van der Waals surface area contributed by atoms with Gasteiger partial charge in [-0.25, -0.2) is 0 Å². The second-order valence-corrected chi connectivity index (χ2v) is 4.58. The van der Waals surface area contributed by atoms with Gasteiger partial charge >= 0.3 is 16.1 Å². The Morgan fingerprint density at radius 3 is 2.05 bits per heavy atom. The summed E-state index contributed by atoms with van der Waals surface area (Å²) in [5.41, 5.74) is -4.77. The van der Waals surface area contributed by atoms with Gasteiger partial charge < -0.3 is 0 Å². The first kappa shape index (κ1) is 17.6. The fourth-order valence-corrected chi connectivity index (χ4v) is 1.39. The Bertz CT molecular complexity index is 537. The Kier molecular flexibility index (Phi) is 6.15. The second-order valence-electron chi connectivity index (χ2n) is 2.68. The Morgan fingerprint density at radius 1 is 1.21 bits per heavy atom.